The number of carbonyl (C=O) groups is 2. The Kier molecular flexibility index (Phi) is 8.65. The van der Waals surface area contributed by atoms with Crippen molar-refractivity contribution in [1.29, 1.82) is 0 Å². The van der Waals surface area contributed by atoms with Crippen molar-refractivity contribution in [3.63, 3.8) is 0 Å². The Bertz CT molecular complexity index is 1170. The van der Waals surface area contributed by atoms with Gasteiger partial charge in [0.2, 0.25) is 0 Å². The second-order valence-corrected chi connectivity index (χ2v) is 7.97. The van der Waals surface area contributed by atoms with Gasteiger partial charge in [-0.05, 0) is 41.8 Å². The lowest BCUT2D eigenvalue weighted by Crippen LogP contribution is -2.13. The van der Waals surface area contributed by atoms with Crippen LogP contribution in [0.1, 0.15) is 38.8 Å². The highest BCUT2D eigenvalue weighted by molar-refractivity contribution is 9.08. The van der Waals surface area contributed by atoms with Crippen molar-refractivity contribution < 1.29 is 9.59 Å². The van der Waals surface area contributed by atoms with Crippen LogP contribution in [0.2, 0.25) is 0 Å². The number of alkyl halides is 1. The van der Waals surface area contributed by atoms with E-state index >= 15 is 0 Å². The van der Waals surface area contributed by atoms with Gasteiger partial charge < -0.3 is 11.5 Å². The molecule has 4 rings (SSSR count). The Hall–Kier alpha value is -3.84. The normalized spacial score (nSPS) is 10.2. The number of aryl methyl sites for hydroxylation is 1. The van der Waals surface area contributed by atoms with E-state index in [-0.39, 0.29) is 0 Å². The van der Waals surface area contributed by atoms with Gasteiger partial charge in [0.15, 0.2) is 0 Å². The molecule has 2 amide bonds. The van der Waals surface area contributed by atoms with E-state index in [4.69, 9.17) is 11.5 Å². The number of carbonyl (C=O) groups excluding carboxylic acids is 2. The number of nitrogens with zero attached hydrogens (tertiary/aromatic N) is 2. The minimum absolute atomic E-state index is 0.444. The van der Waals surface area contributed by atoms with E-state index in [0.717, 1.165) is 22.9 Å². The maximum atomic E-state index is 11.3. The van der Waals surface area contributed by atoms with Crippen molar-refractivity contribution in [1.82, 2.24) is 9.97 Å². The SMILES string of the molecule is CCc1ccc(-c2ncccc2C(N)=O)cc1.NC(=O)c1cccnc1-c1ccc(CBr)cc1. The standard InChI is InChI=1S/C14H14N2O.C13H11BrN2O/c1-2-10-5-7-11(8-6-10)13-12(14(15)17)4-3-9-16-13;14-8-9-3-5-10(6-4-9)12-11(13(15)17)2-1-7-16-12/h3-9H,2H2,1H3,(H2,15,17);1-7H,8H2,(H2,15,17). The summed E-state index contributed by atoms with van der Waals surface area (Å²) in [5.41, 5.74) is 17.0. The first-order valence-corrected chi connectivity index (χ1v) is 11.8. The van der Waals surface area contributed by atoms with E-state index in [1.165, 1.54) is 11.1 Å². The third kappa shape index (κ3) is 6.14. The van der Waals surface area contributed by atoms with Crippen LogP contribution in [-0.4, -0.2) is 21.8 Å². The Morgan fingerprint density at radius 2 is 1.12 bits per heavy atom. The molecule has 0 atom stereocenters. The largest absolute Gasteiger partial charge is 0.366 e. The molecule has 0 radical (unpaired) electrons. The summed E-state index contributed by atoms with van der Waals surface area (Å²) in [5.74, 6) is -0.912. The van der Waals surface area contributed by atoms with E-state index in [0.29, 0.717) is 22.5 Å². The third-order valence-electron chi connectivity index (χ3n) is 5.16. The molecule has 2 aromatic heterocycles. The average molecular weight is 517 g/mol. The zero-order chi connectivity index (χ0) is 24.5. The number of halogens is 1. The predicted octanol–water partition coefficient (Wildman–Crippen LogP) is 5.15. The van der Waals surface area contributed by atoms with Crippen LogP contribution in [0.25, 0.3) is 22.5 Å². The van der Waals surface area contributed by atoms with Crippen molar-refractivity contribution in [3.8, 4) is 22.5 Å². The molecule has 0 aliphatic rings. The summed E-state index contributed by atoms with van der Waals surface area (Å²) in [7, 11) is 0. The van der Waals surface area contributed by atoms with Gasteiger partial charge in [0.1, 0.15) is 0 Å². The fourth-order valence-corrected chi connectivity index (χ4v) is 3.69. The van der Waals surface area contributed by atoms with Crippen molar-refractivity contribution in [2.24, 2.45) is 11.5 Å². The van der Waals surface area contributed by atoms with Gasteiger partial charge >= 0.3 is 0 Å². The first-order valence-electron chi connectivity index (χ1n) is 10.7. The highest BCUT2D eigenvalue weighted by atomic mass is 79.9. The van der Waals surface area contributed by atoms with E-state index in [1.54, 1.807) is 36.7 Å². The Morgan fingerprint density at radius 1 is 0.706 bits per heavy atom. The van der Waals surface area contributed by atoms with Gasteiger partial charge in [-0.25, -0.2) is 0 Å². The summed E-state index contributed by atoms with van der Waals surface area (Å²) in [6.07, 6.45) is 4.31. The van der Waals surface area contributed by atoms with Crippen LogP contribution in [-0.2, 0) is 11.8 Å². The number of rotatable bonds is 6. The molecule has 172 valence electrons. The summed E-state index contributed by atoms with van der Waals surface area (Å²) in [6, 6.07) is 22.6. The van der Waals surface area contributed by atoms with Crippen LogP contribution < -0.4 is 11.5 Å². The number of primary amides is 2. The molecule has 0 saturated carbocycles. The third-order valence-corrected chi connectivity index (χ3v) is 5.81. The molecule has 0 spiro atoms. The smallest absolute Gasteiger partial charge is 0.250 e. The molecule has 0 unspecified atom stereocenters. The van der Waals surface area contributed by atoms with Gasteiger partial charge in [0.05, 0.1) is 22.5 Å². The molecule has 0 aliphatic carbocycles. The molecule has 0 fully saturated rings. The number of amides is 2. The minimum Gasteiger partial charge on any atom is -0.366 e. The van der Waals surface area contributed by atoms with E-state index in [2.05, 4.69) is 32.8 Å². The van der Waals surface area contributed by atoms with E-state index < -0.39 is 11.8 Å². The maximum absolute atomic E-state index is 11.3. The Labute approximate surface area is 207 Å². The Balaban J connectivity index is 0.000000191. The van der Waals surface area contributed by atoms with Gasteiger partial charge in [-0.1, -0.05) is 71.4 Å². The Morgan fingerprint density at radius 3 is 1.47 bits per heavy atom. The number of pyridine rings is 2. The highest BCUT2D eigenvalue weighted by Crippen LogP contribution is 2.22. The molecular formula is C27H25BrN4O2. The topological polar surface area (TPSA) is 112 Å². The number of hydrogen-bond acceptors (Lipinski definition) is 4. The monoisotopic (exact) mass is 516 g/mol. The fourth-order valence-electron chi connectivity index (χ4n) is 3.32. The number of benzene rings is 2. The van der Waals surface area contributed by atoms with Gasteiger partial charge in [-0.2, -0.15) is 0 Å². The second-order valence-electron chi connectivity index (χ2n) is 7.41. The van der Waals surface area contributed by atoms with Crippen molar-refractivity contribution in [2.45, 2.75) is 18.7 Å². The molecule has 6 nitrogen and oxygen atoms in total. The van der Waals surface area contributed by atoms with Crippen LogP contribution in [0.5, 0.6) is 0 Å². The predicted molar refractivity (Wildman–Crippen MR) is 138 cm³/mol. The minimum atomic E-state index is -0.460. The summed E-state index contributed by atoms with van der Waals surface area (Å²) in [4.78, 5) is 31.0. The van der Waals surface area contributed by atoms with Gasteiger partial charge in [-0.15, -0.1) is 0 Å². The molecule has 0 saturated heterocycles. The van der Waals surface area contributed by atoms with Crippen LogP contribution in [0.15, 0.2) is 85.2 Å². The quantitative estimate of drug-likeness (QED) is 0.345. The number of nitrogens with two attached hydrogens (primary N) is 2. The second kappa shape index (κ2) is 11.9. The van der Waals surface area contributed by atoms with E-state index in [1.807, 2.05) is 48.5 Å². The first kappa shape index (κ1) is 24.8. The zero-order valence-corrected chi connectivity index (χ0v) is 20.3. The number of hydrogen-bond donors (Lipinski definition) is 2. The van der Waals surface area contributed by atoms with Crippen LogP contribution in [0, 0.1) is 0 Å². The molecule has 4 N–H and O–H groups in total. The van der Waals surface area contributed by atoms with Crippen LogP contribution in [0.3, 0.4) is 0 Å². The fraction of sp³-hybridized carbons (Fsp3) is 0.111. The molecule has 4 aromatic rings. The molecule has 0 bridgehead atoms. The molecule has 7 heteroatoms. The van der Waals surface area contributed by atoms with Gasteiger partial charge in [0, 0.05) is 28.9 Å². The van der Waals surface area contributed by atoms with Crippen molar-refractivity contribution in [3.05, 3.63) is 107 Å². The lowest BCUT2D eigenvalue weighted by atomic mass is 10.0. The molecular weight excluding hydrogens is 492 g/mol. The number of aromatic nitrogens is 2. The van der Waals surface area contributed by atoms with Gasteiger partial charge in [0.25, 0.3) is 11.8 Å². The lowest BCUT2D eigenvalue weighted by Gasteiger charge is -2.06. The summed E-state index contributed by atoms with van der Waals surface area (Å²) in [5, 5.41) is 0.804. The zero-order valence-electron chi connectivity index (χ0n) is 18.7. The first-order chi connectivity index (χ1) is 16.4. The van der Waals surface area contributed by atoms with Crippen LogP contribution >= 0.6 is 15.9 Å². The lowest BCUT2D eigenvalue weighted by molar-refractivity contribution is 0.0992. The summed E-state index contributed by atoms with van der Waals surface area (Å²) >= 11 is 3.39. The molecule has 0 aliphatic heterocycles. The summed E-state index contributed by atoms with van der Waals surface area (Å²) in [6.45, 7) is 2.10. The van der Waals surface area contributed by atoms with Gasteiger partial charge in [-0.3, -0.25) is 19.6 Å². The van der Waals surface area contributed by atoms with Crippen LogP contribution in [0.4, 0.5) is 0 Å². The van der Waals surface area contributed by atoms with Crippen molar-refractivity contribution in [2.75, 3.05) is 0 Å². The molecule has 2 heterocycles. The van der Waals surface area contributed by atoms with E-state index in [9.17, 15) is 9.59 Å². The summed E-state index contributed by atoms with van der Waals surface area (Å²) < 4.78 is 0. The molecule has 2 aromatic carbocycles. The highest BCUT2D eigenvalue weighted by Gasteiger charge is 2.11. The van der Waals surface area contributed by atoms with Crippen molar-refractivity contribution >= 4 is 27.7 Å². The molecule has 34 heavy (non-hydrogen) atoms. The maximum Gasteiger partial charge on any atom is 0.250 e. The average Bonchev–Trinajstić information content (AvgIpc) is 2.89.